The lowest BCUT2D eigenvalue weighted by Gasteiger charge is -2.28. The van der Waals surface area contributed by atoms with Crippen LogP contribution in [0, 0.1) is 0 Å². The number of hydrogen-bond acceptors (Lipinski definition) is 6. The van der Waals surface area contributed by atoms with Crippen molar-refractivity contribution in [3.8, 4) is 0 Å². The summed E-state index contributed by atoms with van der Waals surface area (Å²) in [6, 6.07) is 20.9. The molecule has 3 rings (SSSR count). The van der Waals surface area contributed by atoms with Gasteiger partial charge in [0.05, 0.1) is 13.2 Å². The van der Waals surface area contributed by atoms with Crippen molar-refractivity contribution in [2.45, 2.75) is 44.5 Å². The van der Waals surface area contributed by atoms with E-state index in [-0.39, 0.29) is 6.10 Å². The first-order chi connectivity index (χ1) is 15.2. The third-order valence-electron chi connectivity index (χ3n) is 5.47. The number of hydrogen-bond donors (Lipinski definition) is 1. The normalized spacial score (nSPS) is 23.5. The molecule has 4 unspecified atom stereocenters. The van der Waals surface area contributed by atoms with Crippen LogP contribution < -0.4 is 0 Å². The molecule has 1 saturated heterocycles. The molecule has 2 aromatic rings. The van der Waals surface area contributed by atoms with Crippen molar-refractivity contribution in [2.75, 3.05) is 40.0 Å². The van der Waals surface area contributed by atoms with Crippen LogP contribution >= 0.6 is 0 Å². The summed E-state index contributed by atoms with van der Waals surface area (Å²) in [5.41, 5.74) is 2.55. The summed E-state index contributed by atoms with van der Waals surface area (Å²) < 4.78 is 22.7. The number of ether oxygens (including phenoxy) is 4. The third-order valence-corrected chi connectivity index (χ3v) is 5.47. The van der Waals surface area contributed by atoms with Gasteiger partial charge in [0.15, 0.2) is 6.29 Å². The van der Waals surface area contributed by atoms with Crippen LogP contribution in [0.25, 0.3) is 0 Å². The Morgan fingerprint density at radius 1 is 0.935 bits per heavy atom. The van der Waals surface area contributed by atoms with Gasteiger partial charge in [-0.1, -0.05) is 60.7 Å². The molecule has 0 aliphatic carbocycles. The van der Waals surface area contributed by atoms with Gasteiger partial charge >= 0.3 is 0 Å². The van der Waals surface area contributed by atoms with Gasteiger partial charge in [0.25, 0.3) is 0 Å². The van der Waals surface area contributed by atoms with E-state index in [1.165, 1.54) is 11.1 Å². The van der Waals surface area contributed by atoms with Crippen LogP contribution in [0.15, 0.2) is 60.7 Å². The summed E-state index contributed by atoms with van der Waals surface area (Å²) in [7, 11) is 1.62. The van der Waals surface area contributed by atoms with Gasteiger partial charge in [0.1, 0.15) is 18.3 Å². The zero-order valence-corrected chi connectivity index (χ0v) is 18.6. The molecular weight excluding hydrogens is 394 g/mol. The number of aliphatic hydroxyl groups is 1. The van der Waals surface area contributed by atoms with Crippen LogP contribution in [0.1, 0.15) is 18.1 Å². The van der Waals surface area contributed by atoms with Gasteiger partial charge < -0.3 is 24.1 Å². The zero-order chi connectivity index (χ0) is 21.9. The van der Waals surface area contributed by atoms with Gasteiger partial charge in [-0.3, -0.25) is 4.90 Å². The summed E-state index contributed by atoms with van der Waals surface area (Å²) in [6.07, 6.45) is -1.29. The van der Waals surface area contributed by atoms with E-state index in [9.17, 15) is 5.11 Å². The predicted molar refractivity (Wildman–Crippen MR) is 120 cm³/mol. The van der Waals surface area contributed by atoms with Crippen molar-refractivity contribution in [1.29, 1.82) is 0 Å². The molecule has 1 aliphatic heterocycles. The van der Waals surface area contributed by atoms with Crippen molar-refractivity contribution in [1.82, 2.24) is 4.90 Å². The molecule has 0 aromatic heterocycles. The average Bonchev–Trinajstić information content (AvgIpc) is 3.08. The Balaban J connectivity index is 1.67. The molecule has 1 fully saturated rings. The molecule has 0 spiro atoms. The van der Waals surface area contributed by atoms with E-state index in [2.05, 4.69) is 53.4 Å². The Morgan fingerprint density at radius 2 is 1.61 bits per heavy atom. The van der Waals surface area contributed by atoms with Crippen LogP contribution in [0.3, 0.4) is 0 Å². The Bertz CT molecular complexity index is 729. The molecule has 170 valence electrons. The average molecular weight is 430 g/mol. The van der Waals surface area contributed by atoms with Crippen molar-refractivity contribution in [3.05, 3.63) is 71.8 Å². The van der Waals surface area contributed by atoms with Crippen LogP contribution in [-0.4, -0.2) is 74.6 Å². The van der Waals surface area contributed by atoms with Crippen molar-refractivity contribution < 1.29 is 24.1 Å². The Labute approximate surface area is 185 Å². The quantitative estimate of drug-likeness (QED) is 0.494. The fraction of sp³-hybridized carbons (Fsp3) is 0.520. The second kappa shape index (κ2) is 12.9. The molecule has 0 saturated carbocycles. The van der Waals surface area contributed by atoms with Crippen LogP contribution in [-0.2, 0) is 31.9 Å². The molecular formula is C25H35NO5. The summed E-state index contributed by atoms with van der Waals surface area (Å²) in [6.45, 7) is 5.59. The van der Waals surface area contributed by atoms with Gasteiger partial charge in [-0.15, -0.1) is 0 Å². The van der Waals surface area contributed by atoms with Crippen molar-refractivity contribution in [2.24, 2.45) is 0 Å². The molecule has 2 aromatic carbocycles. The summed E-state index contributed by atoms with van der Waals surface area (Å²) in [5.74, 6) is 0. The lowest BCUT2D eigenvalue weighted by atomic mass is 10.1. The highest BCUT2D eigenvalue weighted by Crippen LogP contribution is 2.26. The molecule has 1 aliphatic rings. The first-order valence-electron chi connectivity index (χ1n) is 11.1. The zero-order valence-electron chi connectivity index (χ0n) is 18.6. The van der Waals surface area contributed by atoms with Crippen LogP contribution in [0.2, 0.25) is 0 Å². The number of rotatable bonds is 13. The molecule has 6 nitrogen and oxygen atoms in total. The highest BCUT2D eigenvalue weighted by molar-refractivity contribution is 5.16. The number of benzene rings is 2. The van der Waals surface area contributed by atoms with Gasteiger partial charge in [0.2, 0.25) is 0 Å². The molecule has 0 bridgehead atoms. The maximum Gasteiger partial charge on any atom is 0.186 e. The topological polar surface area (TPSA) is 60.4 Å². The molecule has 1 heterocycles. The SMILES string of the molecule is CCOC1C(CN(CCc2ccccc2)Cc2ccccc2)OC(OCCOC)C1O. The minimum atomic E-state index is -0.825. The highest BCUT2D eigenvalue weighted by atomic mass is 16.7. The Hall–Kier alpha value is -1.80. The summed E-state index contributed by atoms with van der Waals surface area (Å²) in [5, 5.41) is 10.7. The predicted octanol–water partition coefficient (Wildman–Crippen LogP) is 2.89. The number of methoxy groups -OCH3 is 1. The fourth-order valence-corrected chi connectivity index (χ4v) is 3.90. The van der Waals surface area contributed by atoms with Crippen molar-refractivity contribution >= 4 is 0 Å². The maximum absolute atomic E-state index is 10.7. The standard InChI is InChI=1S/C25H35NO5/c1-3-29-24-22(31-25(23(24)27)30-17-16-28-2)19-26(18-21-12-8-5-9-13-21)15-14-20-10-6-4-7-11-20/h4-13,22-25,27H,3,14-19H2,1-2H3. The Morgan fingerprint density at radius 3 is 2.26 bits per heavy atom. The van der Waals surface area contributed by atoms with Gasteiger partial charge in [-0.25, -0.2) is 0 Å². The van der Waals surface area contributed by atoms with E-state index in [1.807, 2.05) is 19.1 Å². The fourth-order valence-electron chi connectivity index (χ4n) is 3.90. The minimum Gasteiger partial charge on any atom is -0.385 e. The van der Waals surface area contributed by atoms with Crippen molar-refractivity contribution in [3.63, 3.8) is 0 Å². The minimum absolute atomic E-state index is 0.276. The molecule has 1 N–H and O–H groups in total. The van der Waals surface area contributed by atoms with Gasteiger partial charge in [-0.05, 0) is 24.5 Å². The van der Waals surface area contributed by atoms with E-state index >= 15 is 0 Å². The second-order valence-corrected chi connectivity index (χ2v) is 7.77. The number of nitrogens with zero attached hydrogens (tertiary/aromatic N) is 1. The van der Waals surface area contributed by atoms with Crippen LogP contribution in [0.5, 0.6) is 0 Å². The van der Waals surface area contributed by atoms with Crippen LogP contribution in [0.4, 0.5) is 0 Å². The molecule has 6 heteroatoms. The third kappa shape index (κ3) is 7.38. The second-order valence-electron chi connectivity index (χ2n) is 7.77. The molecule has 31 heavy (non-hydrogen) atoms. The summed E-state index contributed by atoms with van der Waals surface area (Å²) in [4.78, 5) is 2.36. The monoisotopic (exact) mass is 429 g/mol. The highest BCUT2D eigenvalue weighted by Gasteiger charge is 2.45. The Kier molecular flexibility index (Phi) is 9.93. The van der Waals surface area contributed by atoms with E-state index in [0.29, 0.717) is 26.4 Å². The van der Waals surface area contributed by atoms with Gasteiger partial charge in [-0.2, -0.15) is 0 Å². The van der Waals surface area contributed by atoms with Gasteiger partial charge in [0, 0.05) is 33.4 Å². The first-order valence-corrected chi connectivity index (χ1v) is 11.1. The lowest BCUT2D eigenvalue weighted by Crippen LogP contribution is -2.42. The molecule has 0 amide bonds. The largest absolute Gasteiger partial charge is 0.385 e. The summed E-state index contributed by atoms with van der Waals surface area (Å²) >= 11 is 0. The van der Waals surface area contributed by atoms with E-state index in [4.69, 9.17) is 18.9 Å². The van der Waals surface area contributed by atoms with E-state index in [1.54, 1.807) is 7.11 Å². The van der Waals surface area contributed by atoms with E-state index < -0.39 is 18.5 Å². The maximum atomic E-state index is 10.7. The van der Waals surface area contributed by atoms with E-state index in [0.717, 1.165) is 19.5 Å². The molecule has 4 atom stereocenters. The molecule has 0 radical (unpaired) electrons. The smallest absolute Gasteiger partial charge is 0.186 e. The lowest BCUT2D eigenvalue weighted by molar-refractivity contribution is -0.172. The number of aliphatic hydroxyl groups excluding tert-OH is 1. The first kappa shape index (κ1) is 23.9.